The maximum absolute atomic E-state index is 12.0. The zero-order valence-electron chi connectivity index (χ0n) is 10.9. The number of hydrogen-bond acceptors (Lipinski definition) is 4. The van der Waals surface area contributed by atoms with E-state index < -0.39 is 5.97 Å². The average molecular weight is 269 g/mol. The van der Waals surface area contributed by atoms with Crippen LogP contribution in [0, 0.1) is 0 Å². The Morgan fingerprint density at radius 1 is 1.20 bits per heavy atom. The van der Waals surface area contributed by atoms with Crippen molar-refractivity contribution >= 4 is 11.7 Å². The van der Waals surface area contributed by atoms with Crippen LogP contribution >= 0.6 is 0 Å². The first-order chi connectivity index (χ1) is 9.75. The highest BCUT2D eigenvalue weighted by atomic mass is 16.5. The van der Waals surface area contributed by atoms with E-state index in [2.05, 4.69) is 0 Å². The SMILES string of the molecule is Nc1ccccc1C(=O)OCC1COc2ccccc21. The third-order valence-corrected chi connectivity index (χ3v) is 3.40. The van der Waals surface area contributed by atoms with Crippen molar-refractivity contribution in [1.29, 1.82) is 0 Å². The number of nitrogen functional groups attached to an aromatic ring is 1. The van der Waals surface area contributed by atoms with Gasteiger partial charge in [0, 0.05) is 11.3 Å². The molecule has 0 saturated carbocycles. The number of hydrogen-bond donors (Lipinski definition) is 1. The molecule has 1 unspecified atom stereocenters. The summed E-state index contributed by atoms with van der Waals surface area (Å²) in [6.07, 6.45) is 0. The molecule has 0 bridgehead atoms. The van der Waals surface area contributed by atoms with Crippen molar-refractivity contribution in [3.8, 4) is 5.75 Å². The average Bonchev–Trinajstić information content (AvgIpc) is 2.88. The Balaban J connectivity index is 1.67. The standard InChI is InChI=1S/C16H15NO3/c17-14-7-3-1-6-13(14)16(18)20-10-11-9-19-15-8-4-2-5-12(11)15/h1-8,11H,9-10,17H2. The molecule has 1 atom stereocenters. The van der Waals surface area contributed by atoms with Crippen molar-refractivity contribution in [3.05, 3.63) is 59.7 Å². The number of ether oxygens (including phenoxy) is 2. The highest BCUT2D eigenvalue weighted by molar-refractivity contribution is 5.94. The molecular weight excluding hydrogens is 254 g/mol. The molecule has 1 aliphatic heterocycles. The third kappa shape index (κ3) is 2.32. The van der Waals surface area contributed by atoms with E-state index in [4.69, 9.17) is 15.2 Å². The lowest BCUT2D eigenvalue weighted by Crippen LogP contribution is -2.15. The van der Waals surface area contributed by atoms with E-state index >= 15 is 0 Å². The van der Waals surface area contributed by atoms with Crippen LogP contribution < -0.4 is 10.5 Å². The zero-order chi connectivity index (χ0) is 13.9. The number of nitrogens with two attached hydrogens (primary N) is 1. The maximum Gasteiger partial charge on any atom is 0.340 e. The summed E-state index contributed by atoms with van der Waals surface area (Å²) in [5, 5.41) is 0. The molecule has 2 aromatic carbocycles. The van der Waals surface area contributed by atoms with Crippen LogP contribution in [0.2, 0.25) is 0 Å². The lowest BCUT2D eigenvalue weighted by atomic mass is 10.0. The number of rotatable bonds is 3. The number of carbonyl (C=O) groups excluding carboxylic acids is 1. The first-order valence-electron chi connectivity index (χ1n) is 6.49. The second-order valence-corrected chi connectivity index (χ2v) is 4.73. The van der Waals surface area contributed by atoms with Gasteiger partial charge in [-0.3, -0.25) is 0 Å². The molecule has 1 heterocycles. The molecule has 2 N–H and O–H groups in total. The van der Waals surface area contributed by atoms with Gasteiger partial charge in [0.05, 0.1) is 18.1 Å². The maximum atomic E-state index is 12.0. The van der Waals surface area contributed by atoms with Gasteiger partial charge >= 0.3 is 5.97 Å². The molecule has 0 aromatic heterocycles. The normalized spacial score (nSPS) is 16.3. The highest BCUT2D eigenvalue weighted by Crippen LogP contribution is 2.33. The number of carbonyl (C=O) groups is 1. The lowest BCUT2D eigenvalue weighted by molar-refractivity contribution is 0.0472. The molecular formula is C16H15NO3. The fourth-order valence-corrected chi connectivity index (χ4v) is 2.30. The lowest BCUT2D eigenvalue weighted by Gasteiger charge is -2.11. The summed E-state index contributed by atoms with van der Waals surface area (Å²) < 4.78 is 10.9. The van der Waals surface area contributed by atoms with Crippen LogP contribution in [0.15, 0.2) is 48.5 Å². The predicted octanol–water partition coefficient (Wildman–Crippen LogP) is 2.60. The molecule has 4 nitrogen and oxygen atoms in total. The molecule has 4 heteroatoms. The van der Waals surface area contributed by atoms with Crippen molar-refractivity contribution < 1.29 is 14.3 Å². The van der Waals surface area contributed by atoms with Crippen LogP contribution in [0.1, 0.15) is 21.8 Å². The van der Waals surface area contributed by atoms with Gasteiger partial charge < -0.3 is 15.2 Å². The predicted molar refractivity (Wildman–Crippen MR) is 75.8 cm³/mol. The second-order valence-electron chi connectivity index (χ2n) is 4.73. The minimum absolute atomic E-state index is 0.0834. The van der Waals surface area contributed by atoms with Crippen LogP contribution in [0.25, 0.3) is 0 Å². The number of esters is 1. The van der Waals surface area contributed by atoms with Crippen molar-refractivity contribution in [2.24, 2.45) is 0 Å². The van der Waals surface area contributed by atoms with Gasteiger partial charge in [-0.05, 0) is 18.2 Å². The van der Waals surface area contributed by atoms with E-state index in [9.17, 15) is 4.79 Å². The Bertz CT molecular complexity index is 639. The molecule has 1 aliphatic rings. The summed E-state index contributed by atoms with van der Waals surface area (Å²) in [6, 6.07) is 14.7. The number of anilines is 1. The van der Waals surface area contributed by atoms with E-state index in [0.29, 0.717) is 24.5 Å². The Morgan fingerprint density at radius 2 is 1.95 bits per heavy atom. The van der Waals surface area contributed by atoms with Gasteiger partial charge in [-0.2, -0.15) is 0 Å². The largest absolute Gasteiger partial charge is 0.493 e. The summed E-state index contributed by atoms with van der Waals surface area (Å²) in [5.41, 5.74) is 7.67. The molecule has 0 spiro atoms. The van der Waals surface area contributed by atoms with Gasteiger partial charge in [-0.15, -0.1) is 0 Å². The monoisotopic (exact) mass is 269 g/mol. The van der Waals surface area contributed by atoms with E-state index in [1.54, 1.807) is 24.3 Å². The summed E-state index contributed by atoms with van der Waals surface area (Å²) in [6.45, 7) is 0.834. The Kier molecular flexibility index (Phi) is 3.29. The van der Waals surface area contributed by atoms with Crippen LogP contribution in [-0.4, -0.2) is 19.2 Å². The third-order valence-electron chi connectivity index (χ3n) is 3.40. The fourth-order valence-electron chi connectivity index (χ4n) is 2.30. The topological polar surface area (TPSA) is 61.6 Å². The first-order valence-corrected chi connectivity index (χ1v) is 6.49. The first kappa shape index (κ1) is 12.5. The van der Waals surface area contributed by atoms with Gasteiger partial charge in [0.1, 0.15) is 12.4 Å². The smallest absolute Gasteiger partial charge is 0.340 e. The molecule has 102 valence electrons. The van der Waals surface area contributed by atoms with E-state index in [0.717, 1.165) is 11.3 Å². The Labute approximate surface area is 117 Å². The summed E-state index contributed by atoms with van der Waals surface area (Å²) in [5.74, 6) is 0.556. The van der Waals surface area contributed by atoms with Crippen LogP contribution in [0.4, 0.5) is 5.69 Å². The fraction of sp³-hybridized carbons (Fsp3) is 0.188. The Morgan fingerprint density at radius 3 is 2.80 bits per heavy atom. The van der Waals surface area contributed by atoms with Crippen LogP contribution in [-0.2, 0) is 4.74 Å². The van der Waals surface area contributed by atoms with Crippen molar-refractivity contribution in [3.63, 3.8) is 0 Å². The molecule has 3 rings (SSSR count). The van der Waals surface area contributed by atoms with Gasteiger partial charge in [0.25, 0.3) is 0 Å². The minimum Gasteiger partial charge on any atom is -0.493 e. The van der Waals surface area contributed by atoms with Gasteiger partial charge in [-0.25, -0.2) is 4.79 Å². The van der Waals surface area contributed by atoms with Crippen LogP contribution in [0.3, 0.4) is 0 Å². The van der Waals surface area contributed by atoms with E-state index in [1.807, 2.05) is 24.3 Å². The number of fused-ring (bicyclic) bond motifs is 1. The number of para-hydroxylation sites is 2. The van der Waals surface area contributed by atoms with Gasteiger partial charge in [0.15, 0.2) is 0 Å². The molecule has 0 aliphatic carbocycles. The molecule has 20 heavy (non-hydrogen) atoms. The summed E-state index contributed by atoms with van der Waals surface area (Å²) >= 11 is 0. The zero-order valence-corrected chi connectivity index (χ0v) is 10.9. The molecule has 0 radical (unpaired) electrons. The van der Waals surface area contributed by atoms with Crippen LogP contribution in [0.5, 0.6) is 5.75 Å². The number of benzene rings is 2. The minimum atomic E-state index is -0.396. The summed E-state index contributed by atoms with van der Waals surface area (Å²) in [7, 11) is 0. The van der Waals surface area contributed by atoms with Gasteiger partial charge in [-0.1, -0.05) is 30.3 Å². The molecule has 0 fully saturated rings. The van der Waals surface area contributed by atoms with E-state index in [-0.39, 0.29) is 5.92 Å². The van der Waals surface area contributed by atoms with Gasteiger partial charge in [0.2, 0.25) is 0 Å². The quantitative estimate of drug-likeness (QED) is 0.687. The highest BCUT2D eigenvalue weighted by Gasteiger charge is 2.25. The second kappa shape index (κ2) is 5.25. The Hall–Kier alpha value is -2.49. The van der Waals surface area contributed by atoms with Crippen molar-refractivity contribution in [2.75, 3.05) is 18.9 Å². The molecule has 0 saturated heterocycles. The van der Waals surface area contributed by atoms with Crippen molar-refractivity contribution in [2.45, 2.75) is 5.92 Å². The van der Waals surface area contributed by atoms with Crippen molar-refractivity contribution in [1.82, 2.24) is 0 Å². The molecule has 0 amide bonds. The molecule has 2 aromatic rings. The summed E-state index contributed by atoms with van der Waals surface area (Å²) in [4.78, 5) is 12.0. The van der Waals surface area contributed by atoms with E-state index in [1.165, 1.54) is 0 Å².